The topological polar surface area (TPSA) is 46.3 Å². The fourth-order valence-electron chi connectivity index (χ4n) is 2.47. The molecule has 1 aliphatic rings. The zero-order valence-electron chi connectivity index (χ0n) is 10.7. The number of likely N-dealkylation sites (tertiary alicyclic amines) is 1. The van der Waals surface area contributed by atoms with Crippen molar-refractivity contribution >= 4 is 23.2 Å². The molecule has 1 saturated heterocycles. The number of nitrogen functional groups attached to an aromatic ring is 1. The number of halogens is 1. The summed E-state index contributed by atoms with van der Waals surface area (Å²) in [6.07, 6.45) is 3.89. The second kappa shape index (κ2) is 5.61. The minimum atomic E-state index is 0.274. The Kier molecular flexibility index (Phi) is 4.12. The third kappa shape index (κ3) is 3.16. The third-order valence-electron chi connectivity index (χ3n) is 3.56. The van der Waals surface area contributed by atoms with E-state index in [0.717, 1.165) is 25.8 Å². The normalized spacial score (nSPS) is 19.6. The highest BCUT2D eigenvalue weighted by Crippen LogP contribution is 2.24. The Morgan fingerprint density at radius 2 is 2.28 bits per heavy atom. The molecule has 0 spiro atoms. The Morgan fingerprint density at radius 3 is 2.89 bits per heavy atom. The van der Waals surface area contributed by atoms with Crippen molar-refractivity contribution in [2.45, 2.75) is 25.7 Å². The molecule has 1 fully saturated rings. The van der Waals surface area contributed by atoms with Crippen molar-refractivity contribution in [3.63, 3.8) is 0 Å². The van der Waals surface area contributed by atoms with Crippen LogP contribution >= 0.6 is 11.6 Å². The van der Waals surface area contributed by atoms with Gasteiger partial charge in [-0.25, -0.2) is 0 Å². The second-order valence-electron chi connectivity index (χ2n) is 5.09. The van der Waals surface area contributed by atoms with Gasteiger partial charge in [0.15, 0.2) is 0 Å². The summed E-state index contributed by atoms with van der Waals surface area (Å²) in [5.41, 5.74) is 7.52. The molecule has 0 saturated carbocycles. The Bertz CT molecular complexity index is 447. The molecule has 1 aliphatic heterocycles. The Morgan fingerprint density at radius 1 is 1.50 bits per heavy atom. The summed E-state index contributed by atoms with van der Waals surface area (Å²) in [6.45, 7) is 0.904. The lowest BCUT2D eigenvalue weighted by Crippen LogP contribution is -2.18. The van der Waals surface area contributed by atoms with E-state index >= 15 is 0 Å². The number of hydrogen-bond acceptors (Lipinski definition) is 2. The minimum Gasteiger partial charge on any atom is -0.398 e. The summed E-state index contributed by atoms with van der Waals surface area (Å²) in [6, 6.07) is 5.81. The van der Waals surface area contributed by atoms with E-state index in [4.69, 9.17) is 17.3 Å². The molecule has 1 atom stereocenters. The number of carbonyl (C=O) groups excluding carboxylic acids is 1. The van der Waals surface area contributed by atoms with Crippen LogP contribution in [0.2, 0.25) is 5.02 Å². The monoisotopic (exact) mass is 266 g/mol. The third-order valence-corrected chi connectivity index (χ3v) is 3.89. The SMILES string of the molecule is CN1C[C@@H](CCCc2ccc(N)c(Cl)c2)CC1=O. The number of rotatable bonds is 4. The van der Waals surface area contributed by atoms with E-state index in [-0.39, 0.29) is 5.91 Å². The number of anilines is 1. The van der Waals surface area contributed by atoms with Crippen molar-refractivity contribution in [3.8, 4) is 0 Å². The highest BCUT2D eigenvalue weighted by molar-refractivity contribution is 6.33. The van der Waals surface area contributed by atoms with Crippen molar-refractivity contribution < 1.29 is 4.79 Å². The van der Waals surface area contributed by atoms with Gasteiger partial charge in [-0.1, -0.05) is 17.7 Å². The van der Waals surface area contributed by atoms with Crippen LogP contribution in [0.4, 0.5) is 5.69 Å². The quantitative estimate of drug-likeness (QED) is 0.852. The standard InChI is InChI=1S/C14H19ClN2O/c1-17-9-11(8-14(17)18)4-2-3-10-5-6-13(16)12(15)7-10/h5-7,11H,2-4,8-9,16H2,1H3/t11-/m0/s1. The maximum absolute atomic E-state index is 11.4. The smallest absolute Gasteiger partial charge is 0.222 e. The molecule has 2 N–H and O–H groups in total. The van der Waals surface area contributed by atoms with Crippen LogP contribution in [0.15, 0.2) is 18.2 Å². The number of aryl methyl sites for hydroxylation is 1. The molecule has 18 heavy (non-hydrogen) atoms. The molecular weight excluding hydrogens is 248 g/mol. The molecule has 4 heteroatoms. The number of nitrogens with two attached hydrogens (primary N) is 1. The lowest BCUT2D eigenvalue weighted by atomic mass is 9.99. The summed E-state index contributed by atoms with van der Waals surface area (Å²) < 4.78 is 0. The average molecular weight is 267 g/mol. The van der Waals surface area contributed by atoms with Gasteiger partial charge >= 0.3 is 0 Å². The fraction of sp³-hybridized carbons (Fsp3) is 0.500. The molecule has 3 nitrogen and oxygen atoms in total. The van der Waals surface area contributed by atoms with Crippen LogP contribution in [-0.2, 0) is 11.2 Å². The first-order chi connectivity index (χ1) is 8.56. The molecule has 1 aromatic rings. The van der Waals surface area contributed by atoms with E-state index < -0.39 is 0 Å². The van der Waals surface area contributed by atoms with Gasteiger partial charge in [0.2, 0.25) is 5.91 Å². The van der Waals surface area contributed by atoms with Crippen molar-refractivity contribution in [2.24, 2.45) is 5.92 Å². The zero-order chi connectivity index (χ0) is 13.1. The Labute approximate surface area is 113 Å². The van der Waals surface area contributed by atoms with Crippen LogP contribution in [0.1, 0.15) is 24.8 Å². The van der Waals surface area contributed by atoms with E-state index in [2.05, 4.69) is 0 Å². The van der Waals surface area contributed by atoms with Gasteiger partial charge in [-0.2, -0.15) is 0 Å². The van der Waals surface area contributed by atoms with Gasteiger partial charge in [-0.15, -0.1) is 0 Å². The summed E-state index contributed by atoms with van der Waals surface area (Å²) in [7, 11) is 1.88. The molecule has 1 heterocycles. The van der Waals surface area contributed by atoms with Crippen LogP contribution in [0.3, 0.4) is 0 Å². The lowest BCUT2D eigenvalue weighted by Gasteiger charge is -2.10. The molecule has 1 amide bonds. The van der Waals surface area contributed by atoms with Gasteiger partial charge in [0.05, 0.1) is 10.7 Å². The van der Waals surface area contributed by atoms with E-state index in [1.807, 2.05) is 30.1 Å². The van der Waals surface area contributed by atoms with Crippen molar-refractivity contribution in [1.29, 1.82) is 0 Å². The van der Waals surface area contributed by atoms with Crippen LogP contribution in [0.25, 0.3) is 0 Å². The lowest BCUT2D eigenvalue weighted by molar-refractivity contribution is -0.126. The zero-order valence-corrected chi connectivity index (χ0v) is 11.4. The first kappa shape index (κ1) is 13.2. The summed E-state index contributed by atoms with van der Waals surface area (Å²) in [4.78, 5) is 13.2. The first-order valence-electron chi connectivity index (χ1n) is 6.34. The number of carbonyl (C=O) groups is 1. The molecule has 98 valence electrons. The molecule has 0 unspecified atom stereocenters. The van der Waals surface area contributed by atoms with E-state index in [1.54, 1.807) is 0 Å². The maximum Gasteiger partial charge on any atom is 0.222 e. The highest BCUT2D eigenvalue weighted by atomic mass is 35.5. The Hall–Kier alpha value is -1.22. The largest absolute Gasteiger partial charge is 0.398 e. The van der Waals surface area contributed by atoms with Gasteiger partial charge in [-0.3, -0.25) is 4.79 Å². The van der Waals surface area contributed by atoms with Gasteiger partial charge in [0, 0.05) is 20.0 Å². The molecule has 2 rings (SSSR count). The molecule has 0 bridgehead atoms. The number of nitrogens with zero attached hydrogens (tertiary/aromatic N) is 1. The van der Waals surface area contributed by atoms with E-state index in [9.17, 15) is 4.79 Å². The van der Waals surface area contributed by atoms with E-state index in [1.165, 1.54) is 5.56 Å². The van der Waals surface area contributed by atoms with Gasteiger partial charge in [0.1, 0.15) is 0 Å². The second-order valence-corrected chi connectivity index (χ2v) is 5.50. The number of benzene rings is 1. The van der Waals surface area contributed by atoms with Gasteiger partial charge in [-0.05, 0) is 42.9 Å². The molecule has 0 aliphatic carbocycles. The number of amides is 1. The molecule has 0 aromatic heterocycles. The maximum atomic E-state index is 11.4. The van der Waals surface area contributed by atoms with Crippen LogP contribution in [-0.4, -0.2) is 24.4 Å². The van der Waals surface area contributed by atoms with Crippen molar-refractivity contribution in [3.05, 3.63) is 28.8 Å². The van der Waals surface area contributed by atoms with E-state index in [0.29, 0.717) is 23.0 Å². The Balaban J connectivity index is 1.78. The van der Waals surface area contributed by atoms with Gasteiger partial charge in [0.25, 0.3) is 0 Å². The predicted octanol–water partition coefficient (Wildman–Crippen LogP) is 2.72. The minimum absolute atomic E-state index is 0.274. The molecule has 0 radical (unpaired) electrons. The van der Waals surface area contributed by atoms with Crippen LogP contribution in [0.5, 0.6) is 0 Å². The molecular formula is C14H19ClN2O. The molecule has 1 aromatic carbocycles. The fourth-order valence-corrected chi connectivity index (χ4v) is 2.67. The number of hydrogen-bond donors (Lipinski definition) is 1. The van der Waals surface area contributed by atoms with Gasteiger partial charge < -0.3 is 10.6 Å². The first-order valence-corrected chi connectivity index (χ1v) is 6.72. The van der Waals surface area contributed by atoms with Crippen LogP contribution < -0.4 is 5.73 Å². The van der Waals surface area contributed by atoms with Crippen molar-refractivity contribution in [2.75, 3.05) is 19.3 Å². The predicted molar refractivity (Wildman–Crippen MR) is 74.5 cm³/mol. The van der Waals surface area contributed by atoms with Crippen LogP contribution in [0, 0.1) is 5.92 Å². The summed E-state index contributed by atoms with van der Waals surface area (Å²) >= 11 is 5.98. The average Bonchev–Trinajstić information content (AvgIpc) is 2.63. The summed E-state index contributed by atoms with van der Waals surface area (Å²) in [5, 5.41) is 0.628. The van der Waals surface area contributed by atoms with Crippen molar-refractivity contribution in [1.82, 2.24) is 4.90 Å². The highest BCUT2D eigenvalue weighted by Gasteiger charge is 2.25. The summed E-state index contributed by atoms with van der Waals surface area (Å²) in [5.74, 6) is 0.794.